The third kappa shape index (κ3) is 1.89. The van der Waals surface area contributed by atoms with Crippen molar-refractivity contribution in [2.75, 3.05) is 5.75 Å². The second-order valence-corrected chi connectivity index (χ2v) is 9.31. The first-order valence-corrected chi connectivity index (χ1v) is 8.66. The number of benzene rings is 1. The summed E-state index contributed by atoms with van der Waals surface area (Å²) in [5.74, 6) is 1.25. The van der Waals surface area contributed by atoms with Gasteiger partial charge in [-0.15, -0.1) is 11.8 Å². The molecule has 1 fully saturated rings. The lowest BCUT2D eigenvalue weighted by atomic mass is 9.77. The van der Waals surface area contributed by atoms with Gasteiger partial charge in [-0.25, -0.2) is 0 Å². The van der Waals surface area contributed by atoms with Gasteiger partial charge in [0.25, 0.3) is 0 Å². The minimum atomic E-state index is -0.00644. The molecule has 0 bridgehead atoms. The molecule has 2 heterocycles. The molecule has 2 aliphatic heterocycles. The van der Waals surface area contributed by atoms with E-state index in [0.29, 0.717) is 5.41 Å². The summed E-state index contributed by atoms with van der Waals surface area (Å²) in [6, 6.07) is 10.6. The van der Waals surface area contributed by atoms with Crippen LogP contribution >= 0.6 is 23.5 Å². The van der Waals surface area contributed by atoms with Crippen LogP contribution in [0.2, 0.25) is 0 Å². The summed E-state index contributed by atoms with van der Waals surface area (Å²) in [4.78, 5) is 5.08. The minimum absolute atomic E-state index is 0.00644. The summed E-state index contributed by atoms with van der Waals surface area (Å²) in [6.45, 7) is 9.42. The largest absolute Gasteiger partial charge is 0.269 e. The van der Waals surface area contributed by atoms with Gasteiger partial charge in [-0.05, 0) is 31.4 Å². The second-order valence-electron chi connectivity index (χ2n) is 6.54. The summed E-state index contributed by atoms with van der Waals surface area (Å²) >= 11 is 4.11. The fraction of sp³-hybridized carbons (Fsp3) is 0.562. The van der Waals surface area contributed by atoms with Crippen LogP contribution in [0.5, 0.6) is 0 Å². The number of nitrogens with zero attached hydrogens (tertiary/aromatic N) is 1. The minimum Gasteiger partial charge on any atom is -0.269 e. The van der Waals surface area contributed by atoms with Gasteiger partial charge in [0.15, 0.2) is 0 Å². The molecule has 3 heteroatoms. The maximum atomic E-state index is 5.08. The van der Waals surface area contributed by atoms with E-state index in [1.54, 1.807) is 0 Å². The van der Waals surface area contributed by atoms with E-state index in [1.807, 2.05) is 11.8 Å². The van der Waals surface area contributed by atoms with E-state index in [4.69, 9.17) is 4.99 Å². The molecule has 0 aliphatic carbocycles. The van der Waals surface area contributed by atoms with Crippen molar-refractivity contribution >= 4 is 28.6 Å². The number of hydrogen-bond acceptors (Lipinski definition) is 3. The van der Waals surface area contributed by atoms with Crippen LogP contribution in [-0.4, -0.2) is 20.4 Å². The van der Waals surface area contributed by atoms with Crippen LogP contribution in [0.4, 0.5) is 0 Å². The Kier molecular flexibility index (Phi) is 3.06. The molecule has 2 aliphatic rings. The van der Waals surface area contributed by atoms with E-state index in [1.165, 1.54) is 22.8 Å². The molecule has 1 atom stereocenters. The highest BCUT2D eigenvalue weighted by Crippen LogP contribution is 2.67. The maximum absolute atomic E-state index is 5.08. The molecule has 1 nitrogen and oxygen atoms in total. The zero-order chi connectivity index (χ0) is 13.7. The Morgan fingerprint density at radius 3 is 2.32 bits per heavy atom. The van der Waals surface area contributed by atoms with Crippen molar-refractivity contribution in [2.24, 2.45) is 10.4 Å². The lowest BCUT2D eigenvalue weighted by Crippen LogP contribution is -2.48. The van der Waals surface area contributed by atoms with E-state index in [2.05, 4.69) is 69.8 Å². The van der Waals surface area contributed by atoms with E-state index in [9.17, 15) is 0 Å². The van der Waals surface area contributed by atoms with Crippen molar-refractivity contribution in [1.82, 2.24) is 0 Å². The molecule has 1 aromatic carbocycles. The predicted molar refractivity (Wildman–Crippen MR) is 88.2 cm³/mol. The first-order valence-electron chi connectivity index (χ1n) is 6.86. The Hall–Kier alpha value is -0.410. The highest BCUT2D eigenvalue weighted by Gasteiger charge is 2.62. The molecule has 1 unspecified atom stereocenters. The van der Waals surface area contributed by atoms with Gasteiger partial charge in [0, 0.05) is 5.56 Å². The molecular weight excluding hydrogens is 270 g/mol. The second kappa shape index (κ2) is 4.29. The molecular formula is C16H21NS2. The van der Waals surface area contributed by atoms with Crippen LogP contribution in [0.25, 0.3) is 0 Å². The molecule has 1 saturated heterocycles. The van der Waals surface area contributed by atoms with Crippen LogP contribution in [0.1, 0.15) is 39.7 Å². The monoisotopic (exact) mass is 291 g/mol. The number of aliphatic imine (C=N–C) groups is 1. The Labute approximate surface area is 124 Å². The molecule has 0 N–H and O–H groups in total. The first-order chi connectivity index (χ1) is 8.88. The summed E-state index contributed by atoms with van der Waals surface area (Å²) in [5.41, 5.74) is 1.58. The summed E-state index contributed by atoms with van der Waals surface area (Å²) in [6.07, 6.45) is 1.28. The fourth-order valence-corrected chi connectivity index (χ4v) is 7.29. The Morgan fingerprint density at radius 1 is 1.05 bits per heavy atom. The normalized spacial score (nSPS) is 31.7. The molecule has 0 radical (unpaired) electrons. The molecule has 102 valence electrons. The SMILES string of the molecule is CC1(C)CCSC12SC(c1ccccc1)=NC2(C)C. The number of rotatable bonds is 1. The van der Waals surface area contributed by atoms with Crippen molar-refractivity contribution in [3.05, 3.63) is 35.9 Å². The van der Waals surface area contributed by atoms with Crippen molar-refractivity contribution in [3.8, 4) is 0 Å². The lowest BCUT2D eigenvalue weighted by molar-refractivity contribution is 0.263. The molecule has 3 rings (SSSR count). The van der Waals surface area contributed by atoms with E-state index in [0.717, 1.165) is 0 Å². The van der Waals surface area contributed by atoms with Crippen LogP contribution in [-0.2, 0) is 0 Å². The molecule has 1 spiro atoms. The summed E-state index contributed by atoms with van der Waals surface area (Å²) < 4.78 is 0.186. The average molecular weight is 291 g/mol. The van der Waals surface area contributed by atoms with Crippen LogP contribution in [0.3, 0.4) is 0 Å². The topological polar surface area (TPSA) is 12.4 Å². The van der Waals surface area contributed by atoms with Gasteiger partial charge < -0.3 is 0 Å². The van der Waals surface area contributed by atoms with Crippen molar-refractivity contribution in [1.29, 1.82) is 0 Å². The highest BCUT2D eigenvalue weighted by atomic mass is 32.2. The highest BCUT2D eigenvalue weighted by molar-refractivity contribution is 8.27. The number of thioether (sulfide) groups is 2. The van der Waals surface area contributed by atoms with E-state index in [-0.39, 0.29) is 9.62 Å². The van der Waals surface area contributed by atoms with Gasteiger partial charge in [0.2, 0.25) is 0 Å². The maximum Gasteiger partial charge on any atom is 0.0999 e. The quantitative estimate of drug-likeness (QED) is 0.735. The zero-order valence-electron chi connectivity index (χ0n) is 12.1. The molecule has 0 aromatic heterocycles. The Bertz CT molecular complexity index is 519. The van der Waals surface area contributed by atoms with Gasteiger partial charge in [0.1, 0.15) is 0 Å². The smallest absolute Gasteiger partial charge is 0.0999 e. The standard InChI is InChI=1S/C16H21NS2/c1-14(2)10-11-18-16(14)15(3,4)17-13(19-16)12-8-6-5-7-9-12/h5-9H,10-11H2,1-4H3. The van der Waals surface area contributed by atoms with Crippen molar-refractivity contribution in [3.63, 3.8) is 0 Å². The van der Waals surface area contributed by atoms with Crippen LogP contribution in [0.15, 0.2) is 35.3 Å². The molecule has 0 amide bonds. The van der Waals surface area contributed by atoms with Gasteiger partial charge in [-0.1, -0.05) is 55.9 Å². The van der Waals surface area contributed by atoms with Gasteiger partial charge in [-0.3, -0.25) is 4.99 Å². The number of hydrogen-bond donors (Lipinski definition) is 0. The van der Waals surface area contributed by atoms with Crippen molar-refractivity contribution in [2.45, 2.75) is 43.7 Å². The predicted octanol–water partition coefficient (Wildman–Crippen LogP) is 4.82. The van der Waals surface area contributed by atoms with Crippen LogP contribution < -0.4 is 0 Å². The Morgan fingerprint density at radius 2 is 1.74 bits per heavy atom. The van der Waals surface area contributed by atoms with E-state index < -0.39 is 0 Å². The molecule has 0 saturated carbocycles. The van der Waals surface area contributed by atoms with Gasteiger partial charge in [-0.2, -0.15) is 0 Å². The lowest BCUT2D eigenvalue weighted by Gasteiger charge is -2.44. The zero-order valence-corrected chi connectivity index (χ0v) is 13.7. The van der Waals surface area contributed by atoms with Crippen molar-refractivity contribution < 1.29 is 0 Å². The van der Waals surface area contributed by atoms with Gasteiger partial charge >= 0.3 is 0 Å². The van der Waals surface area contributed by atoms with Crippen LogP contribution in [0, 0.1) is 5.41 Å². The summed E-state index contributed by atoms with van der Waals surface area (Å²) in [7, 11) is 0. The van der Waals surface area contributed by atoms with E-state index >= 15 is 0 Å². The first kappa shape index (κ1) is 13.6. The average Bonchev–Trinajstić information content (AvgIpc) is 2.80. The summed E-state index contributed by atoms with van der Waals surface area (Å²) in [5, 5.41) is 1.22. The third-order valence-corrected chi connectivity index (χ3v) is 8.70. The fourth-order valence-electron chi connectivity index (χ4n) is 3.30. The van der Waals surface area contributed by atoms with Gasteiger partial charge in [0.05, 0.1) is 14.7 Å². The molecule has 19 heavy (non-hydrogen) atoms. The third-order valence-electron chi connectivity index (χ3n) is 4.37. The Balaban J connectivity index is 2.02. The molecule has 1 aromatic rings.